The third kappa shape index (κ3) is 6.88. The fourth-order valence-electron chi connectivity index (χ4n) is 5.53. The van der Waals surface area contributed by atoms with Crippen molar-refractivity contribution in [2.24, 2.45) is 5.92 Å². The van der Waals surface area contributed by atoms with Gasteiger partial charge in [0.15, 0.2) is 5.78 Å². The Hall–Kier alpha value is -4.78. The maximum absolute atomic E-state index is 13.2. The summed E-state index contributed by atoms with van der Waals surface area (Å²) in [6.45, 7) is 5.70. The Balaban J connectivity index is 1.17. The summed E-state index contributed by atoms with van der Waals surface area (Å²) in [7, 11) is 1.19. The average Bonchev–Trinajstić information content (AvgIpc) is 3.51. The largest absolute Gasteiger partial charge is 0.513 e. The quantitative estimate of drug-likeness (QED) is 0.188. The summed E-state index contributed by atoms with van der Waals surface area (Å²) < 4.78 is 39.4. The monoisotopic (exact) mass is 608 g/mol. The maximum Gasteiger partial charge on any atom is 0.513 e. The number of ketones is 1. The minimum atomic E-state index is -0.943. The van der Waals surface area contributed by atoms with Gasteiger partial charge in [0.1, 0.15) is 34.3 Å². The molecule has 0 bridgehead atoms. The number of nitrogens with zero attached hydrogens (tertiary/aromatic N) is 3. The van der Waals surface area contributed by atoms with E-state index in [0.717, 1.165) is 13.1 Å². The first kappa shape index (κ1) is 30.7. The molecule has 0 aliphatic carbocycles. The normalized spacial score (nSPS) is 17.8. The number of halogens is 1. The lowest BCUT2D eigenvalue weighted by Gasteiger charge is -2.31. The number of carbonyl (C=O) groups is 3. The number of hydrogen-bond donors (Lipinski definition) is 1. The molecule has 232 valence electrons. The number of allylic oxidation sites excluding steroid dienone is 2. The topological polar surface area (TPSA) is 142 Å². The Morgan fingerprint density at radius 3 is 2.34 bits per heavy atom. The molecule has 1 unspecified atom stereocenters. The van der Waals surface area contributed by atoms with Crippen molar-refractivity contribution < 1.29 is 42.4 Å². The van der Waals surface area contributed by atoms with Gasteiger partial charge in [0.05, 0.1) is 25.1 Å². The second-order valence-corrected chi connectivity index (χ2v) is 10.6. The second-order valence-electron chi connectivity index (χ2n) is 10.6. The van der Waals surface area contributed by atoms with Crippen LogP contribution < -0.4 is 5.32 Å². The lowest BCUT2D eigenvalue weighted by molar-refractivity contribution is 0.0616. The Kier molecular flexibility index (Phi) is 9.53. The van der Waals surface area contributed by atoms with E-state index in [4.69, 9.17) is 23.6 Å². The van der Waals surface area contributed by atoms with E-state index in [1.54, 1.807) is 32.0 Å². The van der Waals surface area contributed by atoms with Gasteiger partial charge in [-0.3, -0.25) is 4.79 Å². The first-order valence-corrected chi connectivity index (χ1v) is 14.3. The Morgan fingerprint density at radius 1 is 0.977 bits per heavy atom. The molecule has 13 heteroatoms. The highest BCUT2D eigenvalue weighted by Crippen LogP contribution is 2.41. The summed E-state index contributed by atoms with van der Waals surface area (Å²) in [5, 5.41) is 11.0. The van der Waals surface area contributed by atoms with E-state index in [-0.39, 0.29) is 35.6 Å². The standard InChI is InChI=1S/C31H33FN4O8/c1-18-28(42-30(38)40-3)25(23-6-4-7-24-26(23)35-44-34-24)29(19(2)33-18)43-31(39)41-17-5-14-36-15-12-21(13-16-36)27(37)20-8-10-22(32)11-9-20/h4,6-11,21,25,33H,5,12-17H2,1-3H3. The fraction of sp³-hybridized carbons (Fsp3) is 0.387. The number of piperidine rings is 1. The van der Waals surface area contributed by atoms with Gasteiger partial charge in [-0.15, -0.1) is 0 Å². The van der Waals surface area contributed by atoms with Crippen LogP contribution in [0.3, 0.4) is 0 Å². The average molecular weight is 609 g/mol. The lowest BCUT2D eigenvalue weighted by Crippen LogP contribution is -2.37. The van der Waals surface area contributed by atoms with Gasteiger partial charge in [-0.2, -0.15) is 0 Å². The van der Waals surface area contributed by atoms with E-state index >= 15 is 0 Å². The predicted molar refractivity (Wildman–Crippen MR) is 154 cm³/mol. The molecule has 1 saturated heterocycles. The van der Waals surface area contributed by atoms with Crippen LogP contribution in [0.5, 0.6) is 0 Å². The van der Waals surface area contributed by atoms with Gasteiger partial charge in [-0.1, -0.05) is 12.1 Å². The van der Waals surface area contributed by atoms with Crippen molar-refractivity contribution >= 4 is 29.1 Å². The van der Waals surface area contributed by atoms with Crippen molar-refractivity contribution in [2.75, 3.05) is 33.4 Å². The molecule has 2 aliphatic rings. The van der Waals surface area contributed by atoms with Crippen LogP contribution in [-0.2, 0) is 18.9 Å². The number of carbonyl (C=O) groups excluding carboxylic acids is 3. The lowest BCUT2D eigenvalue weighted by atomic mass is 9.89. The molecule has 1 aromatic heterocycles. The number of methoxy groups -OCH3 is 1. The van der Waals surface area contributed by atoms with E-state index in [1.165, 1.54) is 31.4 Å². The highest BCUT2D eigenvalue weighted by Gasteiger charge is 2.37. The van der Waals surface area contributed by atoms with Crippen LogP contribution in [-0.4, -0.2) is 66.7 Å². The van der Waals surface area contributed by atoms with Crippen LogP contribution in [0.2, 0.25) is 0 Å². The molecule has 5 rings (SSSR count). The second kappa shape index (κ2) is 13.7. The maximum atomic E-state index is 13.2. The van der Waals surface area contributed by atoms with E-state index < -0.39 is 18.2 Å². The zero-order valence-corrected chi connectivity index (χ0v) is 24.6. The van der Waals surface area contributed by atoms with Crippen LogP contribution in [0.1, 0.15) is 54.9 Å². The molecule has 12 nitrogen and oxygen atoms in total. The molecule has 0 spiro atoms. The van der Waals surface area contributed by atoms with Crippen LogP contribution in [0.25, 0.3) is 11.0 Å². The molecule has 0 amide bonds. The minimum absolute atomic E-state index is 0.0389. The SMILES string of the molecule is COC(=O)OC1=C(C)NC(C)=C(OC(=O)OCCCN2CCC(C(=O)c3ccc(F)cc3)CC2)C1c1cccc2nonc12. The summed E-state index contributed by atoms with van der Waals surface area (Å²) in [5.41, 5.74) is 2.96. The van der Waals surface area contributed by atoms with E-state index in [9.17, 15) is 18.8 Å². The number of likely N-dealkylation sites (tertiary alicyclic amines) is 1. The van der Waals surface area contributed by atoms with E-state index in [0.29, 0.717) is 59.4 Å². The Labute approximate surface area is 252 Å². The van der Waals surface area contributed by atoms with Crippen LogP contribution >= 0.6 is 0 Å². The molecule has 44 heavy (non-hydrogen) atoms. The number of dihydropyridines is 1. The van der Waals surface area contributed by atoms with Crippen molar-refractivity contribution in [2.45, 2.75) is 39.0 Å². The zero-order valence-electron chi connectivity index (χ0n) is 24.6. The molecular weight excluding hydrogens is 575 g/mol. The number of aromatic nitrogens is 2. The molecular formula is C31H33FN4O8. The fourth-order valence-corrected chi connectivity index (χ4v) is 5.53. The van der Waals surface area contributed by atoms with Crippen molar-refractivity contribution in [1.29, 1.82) is 0 Å². The van der Waals surface area contributed by atoms with Crippen molar-refractivity contribution in [1.82, 2.24) is 20.5 Å². The molecule has 1 N–H and O–H groups in total. The third-order valence-corrected chi connectivity index (χ3v) is 7.75. The molecule has 2 aromatic carbocycles. The zero-order chi connectivity index (χ0) is 31.2. The van der Waals surface area contributed by atoms with Gasteiger partial charge < -0.3 is 29.2 Å². The van der Waals surface area contributed by atoms with Crippen LogP contribution in [0.15, 0.2) is 70.0 Å². The van der Waals surface area contributed by atoms with Crippen molar-refractivity contribution in [3.05, 3.63) is 82.3 Å². The number of nitrogens with one attached hydrogen (secondary N) is 1. The number of Topliss-reactive ketones (excluding diaryl/α,β-unsaturated/α-hetero) is 1. The summed E-state index contributed by atoms with van der Waals surface area (Å²) in [5.74, 6) is -0.976. The summed E-state index contributed by atoms with van der Waals surface area (Å²) in [6, 6.07) is 10.9. The molecule has 3 aromatic rings. The van der Waals surface area contributed by atoms with Gasteiger partial charge in [-0.05, 0) is 86.8 Å². The molecule has 3 heterocycles. The van der Waals surface area contributed by atoms with E-state index in [2.05, 4.69) is 20.5 Å². The molecule has 0 radical (unpaired) electrons. The number of hydrogen-bond acceptors (Lipinski definition) is 12. The van der Waals surface area contributed by atoms with Gasteiger partial charge in [0.2, 0.25) is 0 Å². The predicted octanol–water partition coefficient (Wildman–Crippen LogP) is 5.43. The van der Waals surface area contributed by atoms with Crippen LogP contribution in [0.4, 0.5) is 14.0 Å². The van der Waals surface area contributed by atoms with Crippen LogP contribution in [0, 0.1) is 11.7 Å². The first-order valence-electron chi connectivity index (χ1n) is 14.3. The highest BCUT2D eigenvalue weighted by atomic mass is 19.1. The van der Waals surface area contributed by atoms with Crippen molar-refractivity contribution in [3.63, 3.8) is 0 Å². The van der Waals surface area contributed by atoms with Gasteiger partial charge in [-0.25, -0.2) is 18.6 Å². The van der Waals surface area contributed by atoms with Gasteiger partial charge in [0, 0.05) is 23.6 Å². The Morgan fingerprint density at radius 2 is 1.66 bits per heavy atom. The summed E-state index contributed by atoms with van der Waals surface area (Å²) in [4.78, 5) is 39.9. The Bertz CT molecular complexity index is 1590. The molecule has 2 aliphatic heterocycles. The molecule has 1 atom stereocenters. The van der Waals surface area contributed by atoms with Gasteiger partial charge in [0.25, 0.3) is 0 Å². The number of fused-ring (bicyclic) bond motifs is 1. The number of rotatable bonds is 9. The summed E-state index contributed by atoms with van der Waals surface area (Å²) in [6.07, 6.45) is 0.111. The third-order valence-electron chi connectivity index (χ3n) is 7.75. The first-order chi connectivity index (χ1) is 21.2. The number of benzene rings is 2. The number of ether oxygens (including phenoxy) is 4. The van der Waals surface area contributed by atoms with E-state index in [1.807, 2.05) is 0 Å². The van der Waals surface area contributed by atoms with Crippen molar-refractivity contribution in [3.8, 4) is 0 Å². The molecule has 0 saturated carbocycles. The van der Waals surface area contributed by atoms with Gasteiger partial charge >= 0.3 is 12.3 Å². The molecule has 1 fully saturated rings. The summed E-state index contributed by atoms with van der Waals surface area (Å²) >= 11 is 0. The highest BCUT2D eigenvalue weighted by molar-refractivity contribution is 5.97. The minimum Gasteiger partial charge on any atom is -0.437 e. The smallest absolute Gasteiger partial charge is 0.437 e.